The first-order valence-corrected chi connectivity index (χ1v) is 7.36. The van der Waals surface area contributed by atoms with Crippen LogP contribution in [0.5, 0.6) is 0 Å². The van der Waals surface area contributed by atoms with Crippen molar-refractivity contribution >= 4 is 21.4 Å². The fourth-order valence-corrected chi connectivity index (χ4v) is 4.63. The van der Waals surface area contributed by atoms with E-state index in [-0.39, 0.29) is 0 Å². The van der Waals surface area contributed by atoms with Crippen LogP contribution in [-0.2, 0) is 5.60 Å². The first-order valence-electron chi connectivity index (χ1n) is 6.48. The van der Waals surface area contributed by atoms with Gasteiger partial charge < -0.3 is 5.11 Å². The molecular weight excluding hydrogens is 228 g/mol. The Bertz CT molecular complexity index is 573. The Kier molecular flexibility index (Phi) is 1.98. The van der Waals surface area contributed by atoms with Crippen LogP contribution in [0.2, 0.25) is 0 Å². The molecule has 0 amide bonds. The highest BCUT2D eigenvalue weighted by molar-refractivity contribution is 7.17. The van der Waals surface area contributed by atoms with Crippen LogP contribution in [0.1, 0.15) is 31.2 Å². The Balaban J connectivity index is 1.90. The minimum absolute atomic E-state index is 0.531. The molecule has 2 aromatic rings. The summed E-state index contributed by atoms with van der Waals surface area (Å²) >= 11 is 1.77. The van der Waals surface area contributed by atoms with Gasteiger partial charge in [0.1, 0.15) is 0 Å². The number of fused-ring (bicyclic) bond motifs is 2. The molecule has 0 radical (unpaired) electrons. The molecule has 1 nitrogen and oxygen atoms in total. The van der Waals surface area contributed by atoms with Crippen molar-refractivity contribution in [2.45, 2.75) is 31.3 Å². The molecule has 2 aliphatic carbocycles. The Labute approximate surface area is 105 Å². The summed E-state index contributed by atoms with van der Waals surface area (Å²) in [4.78, 5) is 0. The number of hydrogen-bond donors (Lipinski definition) is 1. The Morgan fingerprint density at radius 1 is 1.29 bits per heavy atom. The minimum atomic E-state index is -0.534. The predicted molar refractivity (Wildman–Crippen MR) is 71.2 cm³/mol. The molecule has 2 aliphatic rings. The summed E-state index contributed by atoms with van der Waals surface area (Å²) < 4.78 is 1.29. The number of hydrogen-bond acceptors (Lipinski definition) is 2. The maximum atomic E-state index is 11.1. The molecule has 1 N–H and O–H groups in total. The minimum Gasteiger partial charge on any atom is -0.385 e. The average molecular weight is 244 g/mol. The molecule has 3 unspecified atom stereocenters. The van der Waals surface area contributed by atoms with Crippen LogP contribution >= 0.6 is 11.3 Å². The third-order valence-electron chi connectivity index (χ3n) is 4.61. The topological polar surface area (TPSA) is 20.2 Å². The van der Waals surface area contributed by atoms with Gasteiger partial charge in [0.2, 0.25) is 0 Å². The van der Waals surface area contributed by atoms with Crippen molar-refractivity contribution in [3.8, 4) is 0 Å². The third kappa shape index (κ3) is 1.34. The van der Waals surface area contributed by atoms with Gasteiger partial charge in [-0.25, -0.2) is 0 Å². The van der Waals surface area contributed by atoms with Crippen LogP contribution in [0.4, 0.5) is 0 Å². The zero-order valence-electron chi connectivity index (χ0n) is 9.73. The average Bonchev–Trinajstić information content (AvgIpc) is 2.99. The first-order chi connectivity index (χ1) is 8.29. The van der Waals surface area contributed by atoms with Crippen LogP contribution in [0.15, 0.2) is 29.6 Å². The van der Waals surface area contributed by atoms with Crippen LogP contribution in [0.25, 0.3) is 10.1 Å². The molecule has 0 saturated heterocycles. The maximum Gasteiger partial charge on any atom is 0.0941 e. The molecule has 0 aliphatic heterocycles. The van der Waals surface area contributed by atoms with E-state index >= 15 is 0 Å². The van der Waals surface area contributed by atoms with Gasteiger partial charge in [0.05, 0.1) is 5.60 Å². The molecule has 17 heavy (non-hydrogen) atoms. The highest BCUT2D eigenvalue weighted by atomic mass is 32.1. The van der Waals surface area contributed by atoms with E-state index in [1.165, 1.54) is 34.9 Å². The second kappa shape index (κ2) is 3.33. The van der Waals surface area contributed by atoms with Gasteiger partial charge in [-0.3, -0.25) is 0 Å². The van der Waals surface area contributed by atoms with Crippen LogP contribution in [0, 0.1) is 11.8 Å². The molecule has 1 aromatic carbocycles. The SMILES string of the molecule is OC1(c2cccc3ccsc23)CCCC2CC21. The molecule has 1 heterocycles. The van der Waals surface area contributed by atoms with E-state index < -0.39 is 5.60 Å². The fraction of sp³-hybridized carbons (Fsp3) is 0.467. The van der Waals surface area contributed by atoms with E-state index in [0.29, 0.717) is 5.92 Å². The molecule has 2 fully saturated rings. The number of benzene rings is 1. The van der Waals surface area contributed by atoms with E-state index in [1.807, 2.05) is 0 Å². The lowest BCUT2D eigenvalue weighted by atomic mass is 9.79. The highest BCUT2D eigenvalue weighted by Crippen LogP contribution is 2.59. The molecule has 2 saturated carbocycles. The first kappa shape index (κ1) is 10.1. The van der Waals surface area contributed by atoms with Gasteiger partial charge in [-0.2, -0.15) is 0 Å². The van der Waals surface area contributed by atoms with E-state index in [2.05, 4.69) is 29.6 Å². The summed E-state index contributed by atoms with van der Waals surface area (Å²) in [5.74, 6) is 1.33. The molecule has 4 rings (SSSR count). The van der Waals surface area contributed by atoms with Gasteiger partial charge in [-0.05, 0) is 54.4 Å². The highest BCUT2D eigenvalue weighted by Gasteiger charge is 2.55. The summed E-state index contributed by atoms with van der Waals surface area (Å²) in [5.41, 5.74) is 0.657. The molecule has 3 atom stereocenters. The van der Waals surface area contributed by atoms with E-state index in [0.717, 1.165) is 12.3 Å². The summed E-state index contributed by atoms with van der Waals surface area (Å²) in [6.07, 6.45) is 4.69. The van der Waals surface area contributed by atoms with Gasteiger partial charge >= 0.3 is 0 Å². The normalized spacial score (nSPS) is 35.8. The van der Waals surface area contributed by atoms with Crippen molar-refractivity contribution in [2.24, 2.45) is 11.8 Å². The summed E-state index contributed by atoms with van der Waals surface area (Å²) in [6.45, 7) is 0. The van der Waals surface area contributed by atoms with Crippen LogP contribution in [0.3, 0.4) is 0 Å². The van der Waals surface area contributed by atoms with Gasteiger partial charge in [-0.1, -0.05) is 18.2 Å². The maximum absolute atomic E-state index is 11.1. The lowest BCUT2D eigenvalue weighted by molar-refractivity contribution is -0.0145. The van der Waals surface area contributed by atoms with Crippen molar-refractivity contribution in [3.63, 3.8) is 0 Å². The van der Waals surface area contributed by atoms with Crippen LogP contribution < -0.4 is 0 Å². The largest absolute Gasteiger partial charge is 0.385 e. The van der Waals surface area contributed by atoms with Crippen molar-refractivity contribution in [1.29, 1.82) is 0 Å². The predicted octanol–water partition coefficient (Wildman–Crippen LogP) is 3.91. The van der Waals surface area contributed by atoms with E-state index in [1.54, 1.807) is 11.3 Å². The standard InChI is InChI=1S/C15H16OS/c16-15(7-2-4-11-9-13(11)15)12-5-1-3-10-6-8-17-14(10)12/h1,3,5-6,8,11,13,16H,2,4,7,9H2. The molecule has 88 valence electrons. The number of aliphatic hydroxyl groups is 1. The zero-order valence-corrected chi connectivity index (χ0v) is 10.5. The van der Waals surface area contributed by atoms with Gasteiger partial charge in [0, 0.05) is 10.3 Å². The van der Waals surface area contributed by atoms with Crippen molar-refractivity contribution in [3.05, 3.63) is 35.2 Å². The molecule has 1 aromatic heterocycles. The second-order valence-electron chi connectivity index (χ2n) is 5.56. The lowest BCUT2D eigenvalue weighted by Gasteiger charge is -2.33. The summed E-state index contributed by atoms with van der Waals surface area (Å²) in [7, 11) is 0. The quantitative estimate of drug-likeness (QED) is 0.806. The Morgan fingerprint density at radius 2 is 2.24 bits per heavy atom. The number of rotatable bonds is 1. The zero-order chi connectivity index (χ0) is 11.5. The fourth-order valence-electron chi connectivity index (χ4n) is 3.64. The number of thiophene rings is 1. The summed E-state index contributed by atoms with van der Waals surface area (Å²) in [6, 6.07) is 8.53. The van der Waals surface area contributed by atoms with Gasteiger partial charge in [-0.15, -0.1) is 11.3 Å². The van der Waals surface area contributed by atoms with Gasteiger partial charge in [0.25, 0.3) is 0 Å². The van der Waals surface area contributed by atoms with Crippen LogP contribution in [-0.4, -0.2) is 5.11 Å². The van der Waals surface area contributed by atoms with Crippen molar-refractivity contribution < 1.29 is 5.11 Å². The second-order valence-corrected chi connectivity index (χ2v) is 6.48. The smallest absolute Gasteiger partial charge is 0.0941 e. The van der Waals surface area contributed by atoms with Gasteiger partial charge in [0.15, 0.2) is 0 Å². The Hall–Kier alpha value is -0.860. The molecule has 0 spiro atoms. The Morgan fingerprint density at radius 3 is 3.18 bits per heavy atom. The third-order valence-corrected chi connectivity index (χ3v) is 5.58. The van der Waals surface area contributed by atoms with Crippen molar-refractivity contribution in [2.75, 3.05) is 0 Å². The molecular formula is C15H16OS. The molecule has 2 heteroatoms. The monoisotopic (exact) mass is 244 g/mol. The van der Waals surface area contributed by atoms with Crippen molar-refractivity contribution in [1.82, 2.24) is 0 Å². The lowest BCUT2D eigenvalue weighted by Crippen LogP contribution is -2.31. The van der Waals surface area contributed by atoms with E-state index in [4.69, 9.17) is 0 Å². The van der Waals surface area contributed by atoms with E-state index in [9.17, 15) is 5.11 Å². The summed E-state index contributed by atoms with van der Waals surface area (Å²) in [5, 5.41) is 14.5. The molecule has 0 bridgehead atoms.